The first-order valence-corrected chi connectivity index (χ1v) is 0.408. The van der Waals surface area contributed by atoms with E-state index in [0.717, 1.165) is 0 Å². The van der Waals surface area contributed by atoms with Gasteiger partial charge < -0.3 is 5.48 Å². The average Bonchev–Trinajstić information content (AvgIpc) is 0.918. The Morgan fingerprint density at radius 1 is 1.20 bits per heavy atom. The Balaban J connectivity index is -0.0000000200. The maximum atomic E-state index is 8.12. The van der Waals surface area contributed by atoms with E-state index < -0.39 is 0 Å². The number of carbonyl (C=O) groups excluding carboxylic acids is 2. The summed E-state index contributed by atoms with van der Waals surface area (Å²) in [7, 11) is 0. The third kappa shape index (κ3) is 50.1. The second-order valence-corrected chi connectivity index (χ2v) is 0.0833. The van der Waals surface area contributed by atoms with Gasteiger partial charge in [0, 0.05) is 0 Å². The number of hydrogen-bond acceptors (Lipinski definition) is 2. The molecule has 4 heteroatoms. The van der Waals surface area contributed by atoms with Crippen molar-refractivity contribution >= 4 is 55.0 Å². The van der Waals surface area contributed by atoms with E-state index in [9.17, 15) is 0 Å². The average molecular weight is 201 g/mol. The zero-order chi connectivity index (χ0) is 2.71. The summed E-state index contributed by atoms with van der Waals surface area (Å²) in [6.07, 6.45) is 0.250. The molecule has 0 saturated heterocycles. The van der Waals surface area contributed by atoms with Gasteiger partial charge in [-0.25, -0.2) is 0 Å². The van der Waals surface area contributed by atoms with Crippen LogP contribution < -0.4 is 0 Å². The Labute approximate surface area is 69.1 Å². The summed E-state index contributed by atoms with van der Waals surface area (Å²) >= 11 is 0. The first-order valence-electron chi connectivity index (χ1n) is 0.408. The van der Waals surface area contributed by atoms with Gasteiger partial charge in [-0.3, -0.25) is 0 Å². The van der Waals surface area contributed by atoms with E-state index in [-0.39, 0.29) is 60.5 Å². The van der Waals surface area contributed by atoms with E-state index in [0.29, 0.717) is 0 Å². The van der Waals surface area contributed by atoms with Crippen LogP contribution in [0.4, 0.5) is 0 Å². The topological polar surface area (TPSA) is 65.6 Å². The molecule has 0 aliphatic carbocycles. The normalized spacial score (nSPS) is 1.60. The van der Waals surface area contributed by atoms with Crippen LogP contribution in [0.2, 0.25) is 0 Å². The van der Waals surface area contributed by atoms with Crippen LogP contribution in [0.5, 0.6) is 0 Å². The zero-order valence-corrected chi connectivity index (χ0v) is 1.82. The molecule has 3 nitrogen and oxygen atoms in total. The van der Waals surface area contributed by atoms with Crippen LogP contribution in [0.3, 0.4) is 0 Å². The molecule has 0 aliphatic heterocycles. The van der Waals surface area contributed by atoms with Crippen molar-refractivity contribution in [2.24, 2.45) is 0 Å². The SMILES string of the molecule is O.O=C=O.[BaH2]. The van der Waals surface area contributed by atoms with Gasteiger partial charge in [-0.2, -0.15) is 9.59 Å². The fraction of sp³-hybridized carbons (Fsp3) is 0. The van der Waals surface area contributed by atoms with Crippen LogP contribution >= 0.6 is 0 Å². The minimum atomic E-state index is 0. The summed E-state index contributed by atoms with van der Waals surface area (Å²) in [5.41, 5.74) is 0. The summed E-state index contributed by atoms with van der Waals surface area (Å²) in [6, 6.07) is 0. The Hall–Kier alpha value is 0.911. The van der Waals surface area contributed by atoms with Crippen LogP contribution in [0, 0.1) is 0 Å². The van der Waals surface area contributed by atoms with Gasteiger partial charge in [-0.15, -0.1) is 0 Å². The Morgan fingerprint density at radius 3 is 1.20 bits per heavy atom. The maximum absolute atomic E-state index is 8.12. The molecule has 0 aliphatic rings. The van der Waals surface area contributed by atoms with Gasteiger partial charge in [-0.05, 0) is 0 Å². The minimum absolute atomic E-state index is 0. The molecule has 0 amide bonds. The molecule has 0 saturated carbocycles. The van der Waals surface area contributed by atoms with Gasteiger partial charge >= 0.3 is 55.0 Å². The number of rotatable bonds is 0. The van der Waals surface area contributed by atoms with Crippen molar-refractivity contribution in [3.05, 3.63) is 0 Å². The predicted octanol–water partition coefficient (Wildman–Crippen LogP) is -2.32. The molecule has 0 bridgehead atoms. The van der Waals surface area contributed by atoms with E-state index in [1.54, 1.807) is 0 Å². The van der Waals surface area contributed by atoms with Gasteiger partial charge in [0.1, 0.15) is 0 Å². The van der Waals surface area contributed by atoms with E-state index in [2.05, 4.69) is 0 Å². The van der Waals surface area contributed by atoms with E-state index in [1.807, 2.05) is 0 Å². The van der Waals surface area contributed by atoms with Gasteiger partial charge in [0.05, 0.1) is 0 Å². The van der Waals surface area contributed by atoms with Gasteiger partial charge in [0.15, 0.2) is 0 Å². The summed E-state index contributed by atoms with van der Waals surface area (Å²) in [5.74, 6) is 0. The van der Waals surface area contributed by atoms with Crippen LogP contribution in [0.1, 0.15) is 0 Å². The fourth-order valence-corrected chi connectivity index (χ4v) is 0. The number of hydrogen-bond donors (Lipinski definition) is 0. The van der Waals surface area contributed by atoms with Gasteiger partial charge in [0.2, 0.25) is 0 Å². The van der Waals surface area contributed by atoms with Crippen LogP contribution in [0.25, 0.3) is 0 Å². The third-order valence-corrected chi connectivity index (χ3v) is 0. The Morgan fingerprint density at radius 2 is 1.20 bits per heavy atom. The van der Waals surface area contributed by atoms with E-state index in [1.165, 1.54) is 0 Å². The molecule has 0 fully saturated rings. The zero-order valence-electron chi connectivity index (χ0n) is 1.82. The molecule has 2 N–H and O–H groups in total. The monoisotopic (exact) mass is 202 g/mol. The van der Waals surface area contributed by atoms with Gasteiger partial charge in [-0.1, -0.05) is 0 Å². The summed E-state index contributed by atoms with van der Waals surface area (Å²) < 4.78 is 0. The first-order chi connectivity index (χ1) is 1.41. The summed E-state index contributed by atoms with van der Waals surface area (Å²) in [5, 5.41) is 0. The van der Waals surface area contributed by atoms with E-state index >= 15 is 0 Å². The Kier molecular flexibility index (Phi) is 69.2. The molecular weight excluding hydrogens is 197 g/mol. The molecule has 5 heavy (non-hydrogen) atoms. The standard InChI is InChI=1S/CO2.Ba.H2O.2H/c2-1-3;;;;/h;;1H2;;. The van der Waals surface area contributed by atoms with Crippen molar-refractivity contribution in [1.82, 2.24) is 0 Å². The van der Waals surface area contributed by atoms with Crippen molar-refractivity contribution in [2.75, 3.05) is 0 Å². The van der Waals surface area contributed by atoms with Crippen LogP contribution in [0.15, 0.2) is 0 Å². The molecule has 0 aromatic carbocycles. The molecule has 0 radical (unpaired) electrons. The second-order valence-electron chi connectivity index (χ2n) is 0.0833. The molecule has 28 valence electrons. The predicted molar refractivity (Wildman–Crippen MR) is 17.2 cm³/mol. The summed E-state index contributed by atoms with van der Waals surface area (Å²) in [4.78, 5) is 16.2. The van der Waals surface area contributed by atoms with Crippen LogP contribution in [-0.2, 0) is 9.59 Å². The molecule has 0 atom stereocenters. The first kappa shape index (κ1) is 16.8. The second kappa shape index (κ2) is 20.6. The fourth-order valence-electron chi connectivity index (χ4n) is 0. The molecule has 0 heterocycles. The molecule has 0 rings (SSSR count). The van der Waals surface area contributed by atoms with Crippen molar-refractivity contribution < 1.29 is 15.1 Å². The molecule has 0 spiro atoms. The summed E-state index contributed by atoms with van der Waals surface area (Å²) in [6.45, 7) is 0. The molecule has 0 unspecified atom stereocenters. The van der Waals surface area contributed by atoms with Crippen molar-refractivity contribution in [1.29, 1.82) is 0 Å². The quantitative estimate of drug-likeness (QED) is 0.413. The molecule has 0 aromatic heterocycles. The molecule has 0 aromatic rings. The Bertz CT molecular complexity index is 27.9. The molecular formula is CH4BaO3. The van der Waals surface area contributed by atoms with Crippen molar-refractivity contribution in [2.45, 2.75) is 0 Å². The van der Waals surface area contributed by atoms with Gasteiger partial charge in [0.25, 0.3) is 0 Å². The van der Waals surface area contributed by atoms with Crippen LogP contribution in [-0.4, -0.2) is 60.5 Å². The van der Waals surface area contributed by atoms with Crippen molar-refractivity contribution in [3.63, 3.8) is 0 Å². The third-order valence-electron chi connectivity index (χ3n) is 0. The van der Waals surface area contributed by atoms with E-state index in [4.69, 9.17) is 9.59 Å². The van der Waals surface area contributed by atoms with Crippen molar-refractivity contribution in [3.8, 4) is 0 Å².